The first-order valence-corrected chi connectivity index (χ1v) is 9.15. The van der Waals surface area contributed by atoms with Crippen LogP contribution in [0.15, 0.2) is 69.7 Å². The second-order valence-electron chi connectivity index (χ2n) is 7.46. The number of carbonyl (C=O) groups is 2. The topological polar surface area (TPSA) is 83.7 Å². The number of hydrazone groups is 1. The number of fused-ring (bicyclic) bond motifs is 1. The van der Waals surface area contributed by atoms with Gasteiger partial charge in [0.25, 0.3) is 11.8 Å². The number of nitrogens with one attached hydrogen (secondary N) is 2. The van der Waals surface area contributed by atoms with Crippen molar-refractivity contribution in [3.8, 4) is 0 Å². The van der Waals surface area contributed by atoms with Gasteiger partial charge in [0.05, 0.1) is 6.21 Å². The molecule has 28 heavy (non-hydrogen) atoms. The van der Waals surface area contributed by atoms with E-state index in [2.05, 4.69) is 28.8 Å². The maximum absolute atomic E-state index is 12.5. The van der Waals surface area contributed by atoms with Gasteiger partial charge in [-0.25, -0.2) is 5.43 Å². The van der Waals surface area contributed by atoms with Crippen LogP contribution in [0.25, 0.3) is 0 Å². The summed E-state index contributed by atoms with van der Waals surface area (Å²) in [5, 5.41) is 6.75. The van der Waals surface area contributed by atoms with Crippen molar-refractivity contribution in [1.29, 1.82) is 0 Å². The number of benzene rings is 1. The SMILES string of the molecule is Cc1ccc(/C=N/NC(=O)c2cccc(NC(=O)C3=CC4(C)CC4C=C3)c2)o1. The molecule has 0 bridgehead atoms. The molecule has 1 heterocycles. The molecule has 6 nitrogen and oxygen atoms in total. The highest BCUT2D eigenvalue weighted by molar-refractivity contribution is 6.06. The molecule has 2 aromatic rings. The Morgan fingerprint density at radius 2 is 2.11 bits per heavy atom. The van der Waals surface area contributed by atoms with Gasteiger partial charge in [-0.1, -0.05) is 31.2 Å². The molecule has 1 aromatic carbocycles. The van der Waals surface area contributed by atoms with E-state index in [0.29, 0.717) is 28.5 Å². The summed E-state index contributed by atoms with van der Waals surface area (Å²) in [6, 6.07) is 10.3. The first kappa shape index (κ1) is 18.0. The highest BCUT2D eigenvalue weighted by Gasteiger charge is 2.48. The molecule has 2 atom stereocenters. The van der Waals surface area contributed by atoms with Crippen molar-refractivity contribution in [1.82, 2.24) is 5.43 Å². The van der Waals surface area contributed by atoms with Crippen LogP contribution in [0.4, 0.5) is 5.69 Å². The Labute approximate surface area is 163 Å². The molecule has 2 amide bonds. The monoisotopic (exact) mass is 375 g/mol. The van der Waals surface area contributed by atoms with Crippen LogP contribution in [0.3, 0.4) is 0 Å². The molecule has 1 aromatic heterocycles. The van der Waals surface area contributed by atoms with Crippen LogP contribution in [-0.2, 0) is 4.79 Å². The average molecular weight is 375 g/mol. The summed E-state index contributed by atoms with van der Waals surface area (Å²) in [4.78, 5) is 24.8. The minimum atomic E-state index is -0.374. The zero-order chi connectivity index (χ0) is 19.7. The van der Waals surface area contributed by atoms with E-state index in [9.17, 15) is 9.59 Å². The van der Waals surface area contributed by atoms with Crippen LogP contribution in [0.2, 0.25) is 0 Å². The lowest BCUT2D eigenvalue weighted by Gasteiger charge is -2.13. The second-order valence-corrected chi connectivity index (χ2v) is 7.46. The molecule has 142 valence electrons. The summed E-state index contributed by atoms with van der Waals surface area (Å²) in [5.74, 6) is 1.33. The maximum Gasteiger partial charge on any atom is 0.271 e. The fourth-order valence-electron chi connectivity index (χ4n) is 3.32. The third-order valence-electron chi connectivity index (χ3n) is 5.10. The van der Waals surface area contributed by atoms with E-state index < -0.39 is 0 Å². The molecule has 2 N–H and O–H groups in total. The van der Waals surface area contributed by atoms with Crippen molar-refractivity contribution in [2.45, 2.75) is 20.3 Å². The van der Waals surface area contributed by atoms with Gasteiger partial charge >= 0.3 is 0 Å². The Morgan fingerprint density at radius 1 is 1.25 bits per heavy atom. The minimum absolute atomic E-state index is 0.119. The third kappa shape index (κ3) is 3.81. The minimum Gasteiger partial charge on any atom is -0.460 e. The zero-order valence-electron chi connectivity index (χ0n) is 15.7. The molecule has 0 saturated heterocycles. The number of amides is 2. The molecule has 4 rings (SSSR count). The average Bonchev–Trinajstić information content (AvgIpc) is 3.19. The van der Waals surface area contributed by atoms with Crippen molar-refractivity contribution in [3.05, 3.63) is 77.3 Å². The normalized spacial score (nSPS) is 22.5. The molecule has 0 aliphatic heterocycles. The Bertz CT molecular complexity index is 1030. The molecule has 2 aliphatic rings. The summed E-state index contributed by atoms with van der Waals surface area (Å²) in [7, 11) is 0. The number of allylic oxidation sites excluding steroid dienone is 2. The van der Waals surface area contributed by atoms with E-state index in [0.717, 1.165) is 12.2 Å². The van der Waals surface area contributed by atoms with Crippen molar-refractivity contribution in [2.24, 2.45) is 16.4 Å². The predicted molar refractivity (Wildman–Crippen MR) is 107 cm³/mol. The van der Waals surface area contributed by atoms with Crippen LogP contribution in [-0.4, -0.2) is 18.0 Å². The summed E-state index contributed by atoms with van der Waals surface area (Å²) in [5.41, 5.74) is 4.18. The van der Waals surface area contributed by atoms with Crippen LogP contribution < -0.4 is 10.7 Å². The van der Waals surface area contributed by atoms with Crippen LogP contribution >= 0.6 is 0 Å². The van der Waals surface area contributed by atoms with E-state index in [4.69, 9.17) is 4.42 Å². The quantitative estimate of drug-likeness (QED) is 0.616. The van der Waals surface area contributed by atoms with E-state index in [1.165, 1.54) is 6.21 Å². The lowest BCUT2D eigenvalue weighted by atomic mass is 9.96. The first-order chi connectivity index (χ1) is 13.4. The Morgan fingerprint density at radius 3 is 2.86 bits per heavy atom. The number of rotatable bonds is 5. The van der Waals surface area contributed by atoms with Gasteiger partial charge < -0.3 is 9.73 Å². The number of hydrogen-bond donors (Lipinski definition) is 2. The van der Waals surface area contributed by atoms with Gasteiger partial charge in [-0.2, -0.15) is 5.10 Å². The molecule has 2 unspecified atom stereocenters. The van der Waals surface area contributed by atoms with E-state index >= 15 is 0 Å². The number of nitrogens with zero attached hydrogens (tertiary/aromatic N) is 1. The Balaban J connectivity index is 1.39. The Kier molecular flexibility index (Phi) is 4.47. The lowest BCUT2D eigenvalue weighted by molar-refractivity contribution is -0.112. The molecule has 1 fully saturated rings. The number of aryl methyl sites for hydroxylation is 1. The maximum atomic E-state index is 12.5. The summed E-state index contributed by atoms with van der Waals surface area (Å²) >= 11 is 0. The van der Waals surface area contributed by atoms with Crippen molar-refractivity contribution in [3.63, 3.8) is 0 Å². The molecular weight excluding hydrogens is 354 g/mol. The van der Waals surface area contributed by atoms with Gasteiger partial charge in [0.2, 0.25) is 0 Å². The van der Waals surface area contributed by atoms with E-state index in [1.807, 2.05) is 25.1 Å². The van der Waals surface area contributed by atoms with Crippen molar-refractivity contribution < 1.29 is 14.0 Å². The number of anilines is 1. The van der Waals surface area contributed by atoms with E-state index in [-0.39, 0.29) is 17.2 Å². The van der Waals surface area contributed by atoms with Crippen LogP contribution in [0.5, 0.6) is 0 Å². The third-order valence-corrected chi connectivity index (χ3v) is 5.10. The van der Waals surface area contributed by atoms with Gasteiger partial charge in [0.1, 0.15) is 11.5 Å². The van der Waals surface area contributed by atoms with Gasteiger partial charge in [-0.15, -0.1) is 0 Å². The summed E-state index contributed by atoms with van der Waals surface area (Å²) in [6.45, 7) is 3.99. The smallest absolute Gasteiger partial charge is 0.271 e. The molecule has 6 heteroatoms. The van der Waals surface area contributed by atoms with Gasteiger partial charge in [0, 0.05) is 16.8 Å². The van der Waals surface area contributed by atoms with Gasteiger partial charge in [-0.05, 0) is 55.0 Å². The van der Waals surface area contributed by atoms with Crippen molar-refractivity contribution >= 4 is 23.7 Å². The van der Waals surface area contributed by atoms with Gasteiger partial charge in [0.15, 0.2) is 0 Å². The summed E-state index contributed by atoms with van der Waals surface area (Å²) < 4.78 is 5.35. The lowest BCUT2D eigenvalue weighted by Crippen LogP contribution is -2.19. The van der Waals surface area contributed by atoms with Crippen LogP contribution in [0.1, 0.15) is 35.2 Å². The van der Waals surface area contributed by atoms with Crippen LogP contribution in [0, 0.1) is 18.3 Å². The zero-order valence-corrected chi connectivity index (χ0v) is 15.7. The highest BCUT2D eigenvalue weighted by Crippen LogP contribution is 2.56. The van der Waals surface area contributed by atoms with Gasteiger partial charge in [-0.3, -0.25) is 9.59 Å². The van der Waals surface area contributed by atoms with E-state index in [1.54, 1.807) is 30.3 Å². The fraction of sp³-hybridized carbons (Fsp3) is 0.227. The highest BCUT2D eigenvalue weighted by atomic mass is 16.3. The van der Waals surface area contributed by atoms with Crippen molar-refractivity contribution in [2.75, 3.05) is 5.32 Å². The fourth-order valence-corrected chi connectivity index (χ4v) is 3.32. The second kappa shape index (κ2) is 6.96. The number of hydrogen-bond acceptors (Lipinski definition) is 4. The largest absolute Gasteiger partial charge is 0.460 e. The summed E-state index contributed by atoms with van der Waals surface area (Å²) in [6.07, 6.45) is 8.53. The molecule has 0 radical (unpaired) electrons. The molecular formula is C22H21N3O3. The predicted octanol–water partition coefficient (Wildman–Crippen LogP) is 3.81. The molecule has 1 saturated carbocycles. The number of furan rings is 1. The Hall–Kier alpha value is -3.41. The number of carbonyl (C=O) groups excluding carboxylic acids is 2. The molecule has 0 spiro atoms. The first-order valence-electron chi connectivity index (χ1n) is 9.15. The standard InChI is InChI=1S/C22H21N3O3/c1-14-6-9-19(28-14)13-23-25-21(27)15-4-3-5-18(10-15)24-20(26)16-7-8-17-12-22(17,2)11-16/h3-11,13,17H,12H2,1-2H3,(H,24,26)(H,25,27)/b23-13+. The molecule has 2 aliphatic carbocycles.